The van der Waals surface area contributed by atoms with Crippen molar-refractivity contribution in [2.24, 2.45) is 0 Å². The Morgan fingerprint density at radius 1 is 1.59 bits per heavy atom. The Morgan fingerprint density at radius 2 is 2.35 bits per heavy atom. The molecule has 0 fully saturated rings. The molecule has 1 atom stereocenters. The van der Waals surface area contributed by atoms with Gasteiger partial charge in [-0.1, -0.05) is 0 Å². The minimum atomic E-state index is -0.539. The van der Waals surface area contributed by atoms with Crippen LogP contribution in [0.4, 0.5) is 5.69 Å². The van der Waals surface area contributed by atoms with E-state index < -0.39 is 6.10 Å². The van der Waals surface area contributed by atoms with Crippen LogP contribution >= 0.6 is 0 Å². The van der Waals surface area contributed by atoms with E-state index in [0.717, 1.165) is 0 Å². The first kappa shape index (κ1) is 11.1. The Hall–Kier alpha value is -2.35. The van der Waals surface area contributed by atoms with Gasteiger partial charge in [-0.3, -0.25) is 9.59 Å². The van der Waals surface area contributed by atoms with Gasteiger partial charge in [0, 0.05) is 5.56 Å². The van der Waals surface area contributed by atoms with Crippen LogP contribution in [-0.4, -0.2) is 17.8 Å². The van der Waals surface area contributed by atoms with E-state index in [1.165, 1.54) is 6.07 Å². The van der Waals surface area contributed by atoms with Crippen LogP contribution in [0.5, 0.6) is 5.75 Å². The Bertz CT molecular complexity index is 531. The predicted octanol–water partition coefficient (Wildman–Crippen LogP) is 1.50. The van der Waals surface area contributed by atoms with E-state index in [-0.39, 0.29) is 18.1 Å². The van der Waals surface area contributed by atoms with Crippen molar-refractivity contribution in [3.63, 3.8) is 0 Å². The normalized spacial score (nSPS) is 17.4. The summed E-state index contributed by atoms with van der Waals surface area (Å²) in [6, 6.07) is 6.53. The third-order valence-corrected chi connectivity index (χ3v) is 2.47. The zero-order chi connectivity index (χ0) is 12.4. The number of fused-ring (bicyclic) bond motifs is 1. The largest absolute Gasteiger partial charge is 0.479 e. The summed E-state index contributed by atoms with van der Waals surface area (Å²) >= 11 is 0. The number of ketones is 1. The molecular weight excluding hydrogens is 220 g/mol. The maximum atomic E-state index is 11.5. The molecule has 5 nitrogen and oxygen atoms in total. The van der Waals surface area contributed by atoms with Crippen LogP contribution in [0.2, 0.25) is 0 Å². The summed E-state index contributed by atoms with van der Waals surface area (Å²) < 4.78 is 5.35. The summed E-state index contributed by atoms with van der Waals surface area (Å²) in [5.74, 6) is 0.0103. The smallest absolute Gasteiger partial charge is 0.265 e. The predicted molar refractivity (Wildman–Crippen MR) is 59.7 cm³/mol. The number of benzene rings is 1. The van der Waals surface area contributed by atoms with Gasteiger partial charge in [0.15, 0.2) is 11.9 Å². The summed E-state index contributed by atoms with van der Waals surface area (Å²) in [4.78, 5) is 22.9. The molecule has 0 radical (unpaired) electrons. The van der Waals surface area contributed by atoms with E-state index in [1.54, 1.807) is 25.1 Å². The fourth-order valence-electron chi connectivity index (χ4n) is 1.56. The number of nitriles is 1. The second kappa shape index (κ2) is 4.26. The molecule has 0 spiro atoms. The first-order chi connectivity index (χ1) is 8.11. The summed E-state index contributed by atoms with van der Waals surface area (Å²) in [5.41, 5.74) is 0.862. The molecule has 1 aliphatic rings. The molecule has 5 heteroatoms. The molecule has 2 rings (SSSR count). The number of hydrogen-bond donors (Lipinski definition) is 1. The van der Waals surface area contributed by atoms with Crippen molar-refractivity contribution >= 4 is 17.4 Å². The van der Waals surface area contributed by atoms with Crippen molar-refractivity contribution < 1.29 is 14.3 Å². The topological polar surface area (TPSA) is 79.2 Å². The van der Waals surface area contributed by atoms with E-state index in [9.17, 15) is 9.59 Å². The lowest BCUT2D eigenvalue weighted by Crippen LogP contribution is -2.34. The minimum absolute atomic E-state index is 0.177. The molecule has 1 heterocycles. The van der Waals surface area contributed by atoms with Crippen LogP contribution < -0.4 is 10.1 Å². The molecule has 17 heavy (non-hydrogen) atoms. The van der Waals surface area contributed by atoms with Crippen molar-refractivity contribution in [1.82, 2.24) is 0 Å². The molecule has 1 amide bonds. The van der Waals surface area contributed by atoms with Crippen molar-refractivity contribution in [1.29, 1.82) is 5.26 Å². The summed E-state index contributed by atoms with van der Waals surface area (Å²) in [5, 5.41) is 11.1. The summed E-state index contributed by atoms with van der Waals surface area (Å²) in [7, 11) is 0. The molecule has 1 N–H and O–H groups in total. The highest BCUT2D eigenvalue weighted by molar-refractivity contribution is 6.02. The maximum absolute atomic E-state index is 11.5. The number of ether oxygens (including phenoxy) is 1. The average molecular weight is 230 g/mol. The van der Waals surface area contributed by atoms with Crippen LogP contribution in [0.3, 0.4) is 0 Å². The van der Waals surface area contributed by atoms with Crippen molar-refractivity contribution in [3.05, 3.63) is 23.8 Å². The standard InChI is InChI=1S/C12H10N2O3/c1-7-12(16)14-9-6-8(10(15)4-5-13)2-3-11(9)17-7/h2-3,6-7H,4H2,1H3,(H,14,16). The monoisotopic (exact) mass is 230 g/mol. The highest BCUT2D eigenvalue weighted by atomic mass is 16.5. The van der Waals surface area contributed by atoms with Gasteiger partial charge in [0.2, 0.25) is 0 Å². The van der Waals surface area contributed by atoms with Gasteiger partial charge in [0.1, 0.15) is 5.75 Å². The average Bonchev–Trinajstić information content (AvgIpc) is 2.30. The third kappa shape index (κ3) is 2.11. The van der Waals surface area contributed by atoms with Crippen molar-refractivity contribution in [3.8, 4) is 11.8 Å². The number of amides is 1. The molecule has 1 unspecified atom stereocenters. The number of hydrogen-bond acceptors (Lipinski definition) is 4. The molecule has 1 aromatic carbocycles. The molecule has 86 valence electrons. The zero-order valence-electron chi connectivity index (χ0n) is 9.19. The molecule has 0 bridgehead atoms. The van der Waals surface area contributed by atoms with Crippen LogP contribution in [0, 0.1) is 11.3 Å². The molecular formula is C12H10N2O3. The number of Topliss-reactive ketones (excluding diaryl/α,β-unsaturated/α-hetero) is 1. The van der Waals surface area contributed by atoms with Crippen molar-refractivity contribution in [2.75, 3.05) is 5.32 Å². The van der Waals surface area contributed by atoms with Crippen LogP contribution in [0.1, 0.15) is 23.7 Å². The minimum Gasteiger partial charge on any atom is -0.479 e. The highest BCUT2D eigenvalue weighted by Gasteiger charge is 2.24. The van der Waals surface area contributed by atoms with Crippen molar-refractivity contribution in [2.45, 2.75) is 19.4 Å². The first-order valence-electron chi connectivity index (χ1n) is 5.13. The van der Waals surface area contributed by atoms with Crippen LogP contribution in [0.15, 0.2) is 18.2 Å². The molecule has 1 aliphatic heterocycles. The number of anilines is 1. The van der Waals surface area contributed by atoms with Gasteiger partial charge >= 0.3 is 0 Å². The lowest BCUT2D eigenvalue weighted by molar-refractivity contribution is -0.122. The first-order valence-corrected chi connectivity index (χ1v) is 5.13. The molecule has 0 saturated carbocycles. The van der Waals surface area contributed by atoms with E-state index >= 15 is 0 Å². The highest BCUT2D eigenvalue weighted by Crippen LogP contribution is 2.30. The Kier molecular flexibility index (Phi) is 2.79. The van der Waals surface area contributed by atoms with Gasteiger partial charge < -0.3 is 10.1 Å². The zero-order valence-corrected chi connectivity index (χ0v) is 9.19. The van der Waals surface area contributed by atoms with E-state index in [2.05, 4.69) is 5.32 Å². The van der Waals surface area contributed by atoms with E-state index in [4.69, 9.17) is 10.00 Å². The third-order valence-electron chi connectivity index (χ3n) is 2.47. The van der Waals surface area contributed by atoms with Gasteiger partial charge in [-0.15, -0.1) is 0 Å². The fraction of sp³-hybridized carbons (Fsp3) is 0.250. The molecule has 0 aromatic heterocycles. The van der Waals surface area contributed by atoms with Gasteiger partial charge in [0.25, 0.3) is 5.91 Å². The second-order valence-corrected chi connectivity index (χ2v) is 3.72. The van der Waals surface area contributed by atoms with Gasteiger partial charge in [-0.25, -0.2) is 0 Å². The number of nitrogens with zero attached hydrogens (tertiary/aromatic N) is 1. The van der Waals surface area contributed by atoms with Gasteiger partial charge in [-0.2, -0.15) is 5.26 Å². The SMILES string of the molecule is CC1Oc2ccc(C(=O)CC#N)cc2NC1=O. The lowest BCUT2D eigenvalue weighted by atomic mass is 10.1. The van der Waals surface area contributed by atoms with Crippen LogP contribution in [0.25, 0.3) is 0 Å². The Labute approximate surface area is 98.0 Å². The quantitative estimate of drug-likeness (QED) is 0.781. The summed E-state index contributed by atoms with van der Waals surface area (Å²) in [6.07, 6.45) is -0.715. The Morgan fingerprint density at radius 3 is 3.06 bits per heavy atom. The number of carbonyl (C=O) groups excluding carboxylic acids is 2. The Balaban J connectivity index is 2.32. The fourth-order valence-corrected chi connectivity index (χ4v) is 1.56. The number of carbonyl (C=O) groups is 2. The van der Waals surface area contributed by atoms with E-state index in [0.29, 0.717) is 17.0 Å². The second-order valence-electron chi connectivity index (χ2n) is 3.72. The molecule has 1 aromatic rings. The number of rotatable bonds is 2. The summed E-state index contributed by atoms with van der Waals surface area (Å²) in [6.45, 7) is 1.65. The lowest BCUT2D eigenvalue weighted by Gasteiger charge is -2.23. The maximum Gasteiger partial charge on any atom is 0.265 e. The molecule has 0 aliphatic carbocycles. The van der Waals surface area contributed by atoms with E-state index in [1.807, 2.05) is 0 Å². The van der Waals surface area contributed by atoms with Gasteiger partial charge in [0.05, 0.1) is 18.2 Å². The molecule has 0 saturated heterocycles. The van der Waals surface area contributed by atoms with Gasteiger partial charge in [-0.05, 0) is 25.1 Å². The number of nitrogens with one attached hydrogen (secondary N) is 1. The van der Waals surface area contributed by atoms with Crippen LogP contribution in [-0.2, 0) is 4.79 Å².